The van der Waals surface area contributed by atoms with E-state index in [9.17, 15) is 13.2 Å². The molecule has 0 bridgehead atoms. The van der Waals surface area contributed by atoms with Gasteiger partial charge in [0.25, 0.3) is 0 Å². The normalized spacial score (nSPS) is 20.9. The highest BCUT2D eigenvalue weighted by Crippen LogP contribution is 2.40. The first kappa shape index (κ1) is 25.9. The lowest BCUT2D eigenvalue weighted by Crippen LogP contribution is -2.40. The molecule has 0 radical (unpaired) electrons. The Hall–Kier alpha value is -2.21. The predicted molar refractivity (Wildman–Crippen MR) is 136 cm³/mol. The smallest absolute Gasteiger partial charge is 0.407 e. The minimum absolute atomic E-state index is 0.106. The van der Waals surface area contributed by atoms with Crippen LogP contribution in [-0.2, 0) is 19.5 Å². The van der Waals surface area contributed by atoms with E-state index in [1.165, 1.54) is 0 Å². The maximum absolute atomic E-state index is 13.0. The van der Waals surface area contributed by atoms with Gasteiger partial charge in [-0.15, -0.1) is 11.3 Å². The first-order valence-corrected chi connectivity index (χ1v) is 14.5. The summed E-state index contributed by atoms with van der Waals surface area (Å²) in [4.78, 5) is 17.6. The number of thiazole rings is 1. The van der Waals surface area contributed by atoms with Crippen LogP contribution in [0.4, 0.5) is 10.5 Å². The standard InChI is InChI=1S/C24H34N4O5S2/c1-4-26-35(30,31)22-11-18(27-19-13-32-14-19)9-10-20(22)21-12-25-23(34-21)16-5-7-17(8-6-16)28-24(29)33-15(2)3/h9-12,15-17,19,26-27H,4-8,13-14H2,1-3H3,(H,28,29)/t16-,17-. The molecule has 1 saturated carbocycles. The van der Waals surface area contributed by atoms with E-state index in [4.69, 9.17) is 9.47 Å². The number of nitrogens with zero attached hydrogens (tertiary/aromatic N) is 1. The maximum Gasteiger partial charge on any atom is 0.407 e. The summed E-state index contributed by atoms with van der Waals surface area (Å²) >= 11 is 1.54. The Morgan fingerprint density at radius 3 is 2.57 bits per heavy atom. The van der Waals surface area contributed by atoms with Crippen molar-refractivity contribution in [2.24, 2.45) is 0 Å². The first-order chi connectivity index (χ1) is 16.7. The largest absolute Gasteiger partial charge is 0.447 e. The Kier molecular flexibility index (Phi) is 8.31. The van der Waals surface area contributed by atoms with E-state index in [0.717, 1.165) is 41.3 Å². The predicted octanol–water partition coefficient (Wildman–Crippen LogP) is 4.08. The van der Waals surface area contributed by atoms with Gasteiger partial charge in [0.15, 0.2) is 0 Å². The quantitative estimate of drug-likeness (QED) is 0.454. The van der Waals surface area contributed by atoms with Crippen LogP contribution in [0.3, 0.4) is 0 Å². The molecule has 1 aromatic carbocycles. The zero-order chi connectivity index (χ0) is 25.0. The summed E-state index contributed by atoms with van der Waals surface area (Å²) in [6.07, 6.45) is 4.81. The third-order valence-corrected chi connectivity index (χ3v) is 8.92. The fraction of sp³-hybridized carbons (Fsp3) is 0.583. The third-order valence-electron chi connectivity index (χ3n) is 6.14. The van der Waals surface area contributed by atoms with E-state index < -0.39 is 10.0 Å². The fourth-order valence-electron chi connectivity index (χ4n) is 4.36. The van der Waals surface area contributed by atoms with E-state index in [-0.39, 0.29) is 29.2 Å². The molecule has 2 heterocycles. The molecular formula is C24H34N4O5S2. The van der Waals surface area contributed by atoms with Crippen LogP contribution in [0.15, 0.2) is 29.3 Å². The SMILES string of the molecule is CCNS(=O)(=O)c1cc(NC2COC2)ccc1-c1cnc([C@H]2CC[C@H](NC(=O)OC(C)C)CC2)s1. The van der Waals surface area contributed by atoms with Crippen LogP contribution in [0.1, 0.15) is 57.4 Å². The molecule has 0 unspecified atom stereocenters. The van der Waals surface area contributed by atoms with Crippen LogP contribution in [0, 0.1) is 0 Å². The van der Waals surface area contributed by atoms with Crippen molar-refractivity contribution in [3.05, 3.63) is 29.4 Å². The number of anilines is 1. The molecule has 0 atom stereocenters. The molecule has 2 aromatic rings. The molecule has 0 spiro atoms. The molecule has 1 aromatic heterocycles. The minimum Gasteiger partial charge on any atom is -0.447 e. The Morgan fingerprint density at radius 2 is 1.94 bits per heavy atom. The lowest BCUT2D eigenvalue weighted by molar-refractivity contribution is 0.0211. The van der Waals surface area contributed by atoms with Crippen molar-refractivity contribution >= 4 is 33.1 Å². The first-order valence-electron chi connectivity index (χ1n) is 12.2. The Labute approximate surface area is 211 Å². The average molecular weight is 523 g/mol. The summed E-state index contributed by atoms with van der Waals surface area (Å²) in [6, 6.07) is 5.76. The van der Waals surface area contributed by atoms with Crippen molar-refractivity contribution in [3.63, 3.8) is 0 Å². The molecule has 192 valence electrons. The number of alkyl carbamates (subject to hydrolysis) is 1. The van der Waals surface area contributed by atoms with Crippen LogP contribution in [0.5, 0.6) is 0 Å². The second-order valence-corrected chi connectivity index (χ2v) is 12.1. The van der Waals surface area contributed by atoms with E-state index >= 15 is 0 Å². The van der Waals surface area contributed by atoms with Gasteiger partial charge in [0.1, 0.15) is 0 Å². The van der Waals surface area contributed by atoms with Gasteiger partial charge < -0.3 is 20.1 Å². The number of aromatic nitrogens is 1. The zero-order valence-corrected chi connectivity index (χ0v) is 22.0. The molecule has 1 amide bonds. The second-order valence-electron chi connectivity index (χ2n) is 9.30. The molecule has 4 rings (SSSR count). The summed E-state index contributed by atoms with van der Waals surface area (Å²) in [6.45, 7) is 6.98. The lowest BCUT2D eigenvalue weighted by Gasteiger charge is -2.28. The van der Waals surface area contributed by atoms with Crippen LogP contribution >= 0.6 is 11.3 Å². The van der Waals surface area contributed by atoms with Crippen LogP contribution in [0.2, 0.25) is 0 Å². The van der Waals surface area contributed by atoms with Gasteiger partial charge in [-0.05, 0) is 51.7 Å². The zero-order valence-electron chi connectivity index (χ0n) is 20.4. The van der Waals surface area contributed by atoms with Gasteiger partial charge in [0.05, 0.1) is 40.1 Å². The molecule has 2 fully saturated rings. The summed E-state index contributed by atoms with van der Waals surface area (Å²) in [5.74, 6) is 0.293. The van der Waals surface area contributed by atoms with E-state index in [0.29, 0.717) is 31.2 Å². The number of sulfonamides is 1. The minimum atomic E-state index is -3.67. The molecule has 3 N–H and O–H groups in total. The Bertz CT molecular complexity index is 1120. The van der Waals surface area contributed by atoms with Gasteiger partial charge in [-0.1, -0.05) is 13.0 Å². The number of hydrogen-bond acceptors (Lipinski definition) is 8. The number of carbonyl (C=O) groups is 1. The Balaban J connectivity index is 1.48. The molecular weight excluding hydrogens is 488 g/mol. The molecule has 11 heteroatoms. The van der Waals surface area contributed by atoms with Gasteiger partial charge >= 0.3 is 6.09 Å². The highest BCUT2D eigenvalue weighted by atomic mass is 32.2. The van der Waals surface area contributed by atoms with Crippen molar-refractivity contribution in [2.75, 3.05) is 25.1 Å². The van der Waals surface area contributed by atoms with Crippen molar-refractivity contribution < 1.29 is 22.7 Å². The second kappa shape index (κ2) is 11.2. The van der Waals surface area contributed by atoms with Crippen LogP contribution < -0.4 is 15.4 Å². The van der Waals surface area contributed by atoms with E-state index in [1.807, 2.05) is 26.0 Å². The van der Waals surface area contributed by atoms with E-state index in [2.05, 4.69) is 20.3 Å². The summed E-state index contributed by atoms with van der Waals surface area (Å²) in [5, 5.41) is 7.28. The summed E-state index contributed by atoms with van der Waals surface area (Å²) < 4.78 is 39.1. The summed E-state index contributed by atoms with van der Waals surface area (Å²) in [5.41, 5.74) is 1.40. The van der Waals surface area contributed by atoms with Crippen LogP contribution in [0.25, 0.3) is 10.4 Å². The van der Waals surface area contributed by atoms with Crippen molar-refractivity contribution in [1.82, 2.24) is 15.0 Å². The third kappa shape index (κ3) is 6.52. The van der Waals surface area contributed by atoms with Crippen molar-refractivity contribution in [3.8, 4) is 10.4 Å². The highest BCUT2D eigenvalue weighted by Gasteiger charge is 2.28. The highest BCUT2D eigenvalue weighted by molar-refractivity contribution is 7.89. The fourth-order valence-corrected chi connectivity index (χ4v) is 6.84. The van der Waals surface area contributed by atoms with Crippen LogP contribution in [-0.4, -0.2) is 57.4 Å². The van der Waals surface area contributed by atoms with E-state index in [1.54, 1.807) is 30.5 Å². The monoisotopic (exact) mass is 522 g/mol. The van der Waals surface area contributed by atoms with Gasteiger partial charge in [-0.3, -0.25) is 0 Å². The molecule has 1 aliphatic carbocycles. The molecule has 2 aliphatic rings. The van der Waals surface area contributed by atoms with Gasteiger partial charge in [0.2, 0.25) is 10.0 Å². The van der Waals surface area contributed by atoms with Gasteiger partial charge in [-0.25, -0.2) is 22.9 Å². The molecule has 35 heavy (non-hydrogen) atoms. The number of carbonyl (C=O) groups excluding carboxylic acids is 1. The topological polar surface area (TPSA) is 119 Å². The number of rotatable bonds is 9. The van der Waals surface area contributed by atoms with Gasteiger partial charge in [-0.2, -0.15) is 0 Å². The number of nitrogens with one attached hydrogen (secondary N) is 3. The van der Waals surface area contributed by atoms with Gasteiger partial charge in [0, 0.05) is 36.0 Å². The number of hydrogen-bond donors (Lipinski definition) is 3. The average Bonchev–Trinajstić information content (AvgIpc) is 3.26. The Morgan fingerprint density at radius 1 is 1.20 bits per heavy atom. The number of amides is 1. The molecule has 9 nitrogen and oxygen atoms in total. The number of benzene rings is 1. The summed E-state index contributed by atoms with van der Waals surface area (Å²) in [7, 11) is -3.67. The van der Waals surface area contributed by atoms with Crippen molar-refractivity contribution in [2.45, 2.75) is 75.5 Å². The lowest BCUT2D eigenvalue weighted by atomic mass is 9.86. The molecule has 1 aliphatic heterocycles. The number of ether oxygens (including phenoxy) is 2. The molecule has 1 saturated heterocycles. The van der Waals surface area contributed by atoms with Crippen molar-refractivity contribution in [1.29, 1.82) is 0 Å². The maximum atomic E-state index is 13.0.